The summed E-state index contributed by atoms with van der Waals surface area (Å²) in [4.78, 5) is 0. The van der Waals surface area contributed by atoms with Crippen LogP contribution in [-0.4, -0.2) is 11.8 Å². The average molecular weight is 293 g/mol. The fourth-order valence-corrected chi connectivity index (χ4v) is 3.36. The van der Waals surface area contributed by atoms with Gasteiger partial charge in [-0.1, -0.05) is 34.5 Å². The topological polar surface area (TPSA) is 12.0 Å². The number of thioether (sulfide) groups is 1. The van der Waals surface area contributed by atoms with Crippen molar-refractivity contribution in [2.75, 3.05) is 6.54 Å². The van der Waals surface area contributed by atoms with E-state index in [1.54, 1.807) is 0 Å². The zero-order valence-electron chi connectivity index (χ0n) is 7.76. The van der Waals surface area contributed by atoms with Gasteiger partial charge in [-0.05, 0) is 23.8 Å². The highest BCUT2D eigenvalue weighted by Gasteiger charge is 2.24. The molecule has 76 valence electrons. The summed E-state index contributed by atoms with van der Waals surface area (Å²) in [6.07, 6.45) is 0. The Bertz CT molecular complexity index is 345. The monoisotopic (exact) mass is 291 g/mol. The molecule has 1 aromatic carbocycles. The van der Waals surface area contributed by atoms with Crippen molar-refractivity contribution in [3.8, 4) is 0 Å². The van der Waals surface area contributed by atoms with Crippen LogP contribution in [0.15, 0.2) is 22.7 Å². The molecule has 2 unspecified atom stereocenters. The first-order chi connectivity index (χ1) is 6.66. The van der Waals surface area contributed by atoms with Crippen molar-refractivity contribution in [2.45, 2.75) is 17.5 Å². The summed E-state index contributed by atoms with van der Waals surface area (Å²) in [7, 11) is 0. The highest BCUT2D eigenvalue weighted by atomic mass is 79.9. The minimum absolute atomic E-state index is 0.343. The summed E-state index contributed by atoms with van der Waals surface area (Å²) in [6, 6.07) is 5.99. The smallest absolute Gasteiger partial charge is 0.0807 e. The van der Waals surface area contributed by atoms with Gasteiger partial charge in [0.15, 0.2) is 0 Å². The molecule has 1 fully saturated rings. The lowest BCUT2D eigenvalue weighted by molar-refractivity contribution is 0.717. The van der Waals surface area contributed by atoms with E-state index in [0.29, 0.717) is 10.6 Å². The maximum absolute atomic E-state index is 6.15. The van der Waals surface area contributed by atoms with Gasteiger partial charge in [0.2, 0.25) is 0 Å². The molecule has 2 atom stereocenters. The molecule has 1 aliphatic rings. The second-order valence-electron chi connectivity index (χ2n) is 3.40. The first kappa shape index (κ1) is 10.8. The van der Waals surface area contributed by atoms with E-state index in [0.717, 1.165) is 16.0 Å². The summed E-state index contributed by atoms with van der Waals surface area (Å²) < 4.78 is 1.08. The van der Waals surface area contributed by atoms with E-state index < -0.39 is 0 Å². The van der Waals surface area contributed by atoms with Gasteiger partial charge in [-0.25, -0.2) is 0 Å². The Morgan fingerprint density at radius 3 is 3.00 bits per heavy atom. The predicted molar refractivity (Wildman–Crippen MR) is 66.9 cm³/mol. The molecule has 0 amide bonds. The molecule has 0 bridgehead atoms. The molecule has 14 heavy (non-hydrogen) atoms. The highest BCUT2D eigenvalue weighted by Crippen LogP contribution is 2.38. The standard InChI is InChI=1S/C10H11BrClNS/c1-6-5-13-10(14-6)8-4-7(11)2-3-9(8)12/h2-4,6,10,13H,5H2,1H3. The molecule has 1 saturated heterocycles. The van der Waals surface area contributed by atoms with Crippen LogP contribution in [0.5, 0.6) is 0 Å². The molecule has 0 saturated carbocycles. The van der Waals surface area contributed by atoms with Crippen LogP contribution >= 0.6 is 39.3 Å². The third-order valence-corrected chi connectivity index (χ3v) is 4.36. The van der Waals surface area contributed by atoms with Crippen LogP contribution in [0.2, 0.25) is 5.02 Å². The zero-order valence-corrected chi connectivity index (χ0v) is 10.9. The fraction of sp³-hybridized carbons (Fsp3) is 0.400. The average Bonchev–Trinajstić information content (AvgIpc) is 2.56. The second-order valence-corrected chi connectivity index (χ2v) is 6.27. The van der Waals surface area contributed by atoms with Gasteiger partial charge in [0.25, 0.3) is 0 Å². The van der Waals surface area contributed by atoms with Crippen LogP contribution in [0, 0.1) is 0 Å². The Morgan fingerprint density at radius 2 is 2.36 bits per heavy atom. The molecule has 1 aliphatic heterocycles. The summed E-state index contributed by atoms with van der Waals surface area (Å²) in [5, 5.41) is 5.29. The van der Waals surface area contributed by atoms with Gasteiger partial charge in [0, 0.05) is 21.3 Å². The van der Waals surface area contributed by atoms with Gasteiger partial charge in [-0.3, -0.25) is 0 Å². The van der Waals surface area contributed by atoms with Crippen molar-refractivity contribution in [1.29, 1.82) is 0 Å². The number of hydrogen-bond donors (Lipinski definition) is 1. The predicted octanol–water partition coefficient (Wildman–Crippen LogP) is 3.83. The Morgan fingerprint density at radius 1 is 1.57 bits per heavy atom. The van der Waals surface area contributed by atoms with Crippen LogP contribution in [0.3, 0.4) is 0 Å². The van der Waals surface area contributed by atoms with E-state index in [2.05, 4.69) is 34.2 Å². The first-order valence-corrected chi connectivity index (χ1v) is 6.62. The van der Waals surface area contributed by atoms with E-state index in [4.69, 9.17) is 11.6 Å². The van der Waals surface area contributed by atoms with Crippen LogP contribution in [0.1, 0.15) is 17.9 Å². The van der Waals surface area contributed by atoms with Gasteiger partial charge in [-0.2, -0.15) is 0 Å². The maximum Gasteiger partial charge on any atom is 0.0807 e. The van der Waals surface area contributed by atoms with E-state index in [1.807, 2.05) is 23.9 Å². The van der Waals surface area contributed by atoms with E-state index in [9.17, 15) is 0 Å². The van der Waals surface area contributed by atoms with Crippen LogP contribution < -0.4 is 5.32 Å². The van der Waals surface area contributed by atoms with E-state index >= 15 is 0 Å². The van der Waals surface area contributed by atoms with Crippen molar-refractivity contribution in [3.63, 3.8) is 0 Å². The van der Waals surface area contributed by atoms with Crippen molar-refractivity contribution >= 4 is 39.3 Å². The molecule has 0 spiro atoms. The third kappa shape index (κ3) is 2.27. The van der Waals surface area contributed by atoms with E-state index in [1.165, 1.54) is 5.56 Å². The number of nitrogens with one attached hydrogen (secondary N) is 1. The molecular formula is C10H11BrClNS. The van der Waals surface area contributed by atoms with Gasteiger partial charge in [0.05, 0.1) is 5.37 Å². The third-order valence-electron chi connectivity index (χ3n) is 2.20. The lowest BCUT2D eigenvalue weighted by Crippen LogP contribution is -2.14. The summed E-state index contributed by atoms with van der Waals surface area (Å²) >= 11 is 11.5. The quantitative estimate of drug-likeness (QED) is 0.844. The van der Waals surface area contributed by atoms with Crippen molar-refractivity contribution < 1.29 is 0 Å². The zero-order chi connectivity index (χ0) is 10.1. The number of halogens is 2. The lowest BCUT2D eigenvalue weighted by Gasteiger charge is -2.12. The molecule has 1 N–H and O–H groups in total. The SMILES string of the molecule is CC1CNC(c2cc(Br)ccc2Cl)S1. The summed E-state index contributed by atoms with van der Waals surface area (Å²) in [5.74, 6) is 0. The Balaban J connectivity index is 2.27. The van der Waals surface area contributed by atoms with Crippen LogP contribution in [0.4, 0.5) is 0 Å². The van der Waals surface area contributed by atoms with Gasteiger partial charge in [-0.15, -0.1) is 11.8 Å². The Labute approximate surface area is 102 Å². The first-order valence-electron chi connectivity index (χ1n) is 4.50. The lowest BCUT2D eigenvalue weighted by atomic mass is 10.2. The second kappa shape index (κ2) is 4.44. The molecule has 1 heterocycles. The highest BCUT2D eigenvalue weighted by molar-refractivity contribution is 9.10. The number of benzene rings is 1. The Kier molecular flexibility index (Phi) is 3.42. The van der Waals surface area contributed by atoms with Crippen molar-refractivity contribution in [1.82, 2.24) is 5.32 Å². The minimum Gasteiger partial charge on any atom is -0.300 e. The van der Waals surface area contributed by atoms with Gasteiger partial charge < -0.3 is 5.32 Å². The van der Waals surface area contributed by atoms with Crippen LogP contribution in [0.25, 0.3) is 0 Å². The van der Waals surface area contributed by atoms with Gasteiger partial charge >= 0.3 is 0 Å². The molecule has 1 aromatic rings. The largest absolute Gasteiger partial charge is 0.300 e. The van der Waals surface area contributed by atoms with Crippen molar-refractivity contribution in [2.24, 2.45) is 0 Å². The fourth-order valence-electron chi connectivity index (χ4n) is 1.50. The maximum atomic E-state index is 6.15. The molecular weight excluding hydrogens is 282 g/mol. The molecule has 2 rings (SSSR count). The molecule has 0 aliphatic carbocycles. The molecule has 0 radical (unpaired) electrons. The normalized spacial score (nSPS) is 26.8. The molecule has 4 heteroatoms. The number of hydrogen-bond acceptors (Lipinski definition) is 2. The van der Waals surface area contributed by atoms with Crippen molar-refractivity contribution in [3.05, 3.63) is 33.3 Å². The summed E-state index contributed by atoms with van der Waals surface area (Å²) in [6.45, 7) is 3.28. The van der Waals surface area contributed by atoms with Crippen LogP contribution in [-0.2, 0) is 0 Å². The van der Waals surface area contributed by atoms with E-state index in [-0.39, 0.29) is 0 Å². The molecule has 0 aromatic heterocycles. The summed E-state index contributed by atoms with van der Waals surface area (Å²) in [5.41, 5.74) is 1.18. The number of rotatable bonds is 1. The minimum atomic E-state index is 0.343. The Hall–Kier alpha value is 0.300. The molecule has 1 nitrogen and oxygen atoms in total. The van der Waals surface area contributed by atoms with Gasteiger partial charge in [0.1, 0.15) is 0 Å².